The van der Waals surface area contributed by atoms with Crippen molar-refractivity contribution in [3.8, 4) is 0 Å². The maximum absolute atomic E-state index is 8.97. The maximum Gasteiger partial charge on any atom is 0.126 e. The highest BCUT2D eigenvalue weighted by atomic mass is 16.3. The molecule has 2 nitrogen and oxygen atoms in total. The van der Waals surface area contributed by atoms with Gasteiger partial charge in [-0.25, -0.2) is 0 Å². The molecule has 8 heavy (non-hydrogen) atoms. The van der Waals surface area contributed by atoms with Crippen LogP contribution in [-0.4, -0.2) is 30.3 Å². The minimum absolute atomic E-state index is 0.431. The molecule has 0 spiro atoms. The van der Waals surface area contributed by atoms with Gasteiger partial charge in [0.05, 0.1) is 0 Å². The number of nitrogens with zero attached hydrogens (tertiary/aromatic N) is 1. The van der Waals surface area contributed by atoms with Crippen LogP contribution in [0.1, 0.15) is 6.92 Å². The van der Waals surface area contributed by atoms with Gasteiger partial charge in [0, 0.05) is 0 Å². The van der Waals surface area contributed by atoms with Gasteiger partial charge in [0.2, 0.25) is 0 Å². The van der Waals surface area contributed by atoms with Crippen molar-refractivity contribution in [2.45, 2.75) is 13.2 Å². The summed E-state index contributed by atoms with van der Waals surface area (Å²) in [4.78, 5) is 1.72. The topological polar surface area (TPSA) is 23.5 Å². The molecule has 0 radical (unpaired) electrons. The van der Waals surface area contributed by atoms with Gasteiger partial charge in [-0.05, 0) is 27.1 Å². The Bertz CT molecular complexity index is 78.6. The Morgan fingerprint density at radius 2 is 2.00 bits per heavy atom. The first kappa shape index (κ1) is 7.66. The molecule has 0 aromatic heterocycles. The largest absolute Gasteiger partial charge is 0.375 e. The number of aliphatic hydroxyl groups excluding tert-OH is 1. The molecule has 0 bridgehead atoms. The van der Waals surface area contributed by atoms with E-state index in [1.54, 1.807) is 11.0 Å². The smallest absolute Gasteiger partial charge is 0.126 e. The lowest BCUT2D eigenvalue weighted by atomic mass is 10.4. The van der Waals surface area contributed by atoms with Crippen LogP contribution in [0.15, 0.2) is 12.2 Å². The van der Waals surface area contributed by atoms with Gasteiger partial charge >= 0.3 is 0 Å². The molecule has 1 unspecified atom stereocenters. The van der Waals surface area contributed by atoms with E-state index in [1.807, 2.05) is 27.1 Å². The van der Waals surface area contributed by atoms with Crippen molar-refractivity contribution in [3.63, 3.8) is 0 Å². The van der Waals surface area contributed by atoms with Crippen LogP contribution in [0.25, 0.3) is 0 Å². The Hall–Kier alpha value is -0.340. The molecule has 1 N–H and O–H groups in total. The molecule has 0 heterocycles. The van der Waals surface area contributed by atoms with Gasteiger partial charge < -0.3 is 5.11 Å². The molecule has 0 aliphatic carbocycles. The quantitative estimate of drug-likeness (QED) is 0.417. The SMILES string of the molecule is C/C=C/C(O)N(C)C. The zero-order chi connectivity index (χ0) is 6.57. The van der Waals surface area contributed by atoms with Crippen molar-refractivity contribution in [1.29, 1.82) is 0 Å². The molecule has 2 heteroatoms. The van der Waals surface area contributed by atoms with Gasteiger partial charge in [-0.15, -0.1) is 0 Å². The van der Waals surface area contributed by atoms with Crippen LogP contribution in [-0.2, 0) is 0 Å². The summed E-state index contributed by atoms with van der Waals surface area (Å²) in [5.74, 6) is 0. The van der Waals surface area contributed by atoms with E-state index in [-0.39, 0.29) is 0 Å². The third-order valence-electron chi connectivity index (χ3n) is 0.894. The van der Waals surface area contributed by atoms with Crippen LogP contribution in [0, 0.1) is 0 Å². The predicted octanol–water partition coefficient (Wildman–Crippen LogP) is 0.443. The second-order valence-electron chi connectivity index (χ2n) is 1.90. The van der Waals surface area contributed by atoms with Crippen molar-refractivity contribution in [2.75, 3.05) is 14.1 Å². The van der Waals surface area contributed by atoms with E-state index in [2.05, 4.69) is 0 Å². The summed E-state index contributed by atoms with van der Waals surface area (Å²) >= 11 is 0. The molecule has 0 amide bonds. The summed E-state index contributed by atoms with van der Waals surface area (Å²) in [6.07, 6.45) is 3.12. The van der Waals surface area contributed by atoms with Gasteiger partial charge in [0.25, 0.3) is 0 Å². The van der Waals surface area contributed by atoms with Gasteiger partial charge in [-0.3, -0.25) is 4.90 Å². The van der Waals surface area contributed by atoms with Crippen molar-refractivity contribution < 1.29 is 5.11 Å². The Kier molecular flexibility index (Phi) is 3.48. The first-order valence-corrected chi connectivity index (χ1v) is 2.65. The average Bonchev–Trinajstić information content (AvgIpc) is 1.67. The Labute approximate surface area is 50.4 Å². The summed E-state index contributed by atoms with van der Waals surface area (Å²) in [6.45, 7) is 1.88. The van der Waals surface area contributed by atoms with E-state index >= 15 is 0 Å². The van der Waals surface area contributed by atoms with Crippen molar-refractivity contribution in [3.05, 3.63) is 12.2 Å². The molecular weight excluding hydrogens is 102 g/mol. The number of likely N-dealkylation sites (N-methyl/N-ethyl adjacent to an activating group) is 1. The van der Waals surface area contributed by atoms with Gasteiger partial charge in [-0.2, -0.15) is 0 Å². The van der Waals surface area contributed by atoms with Crippen LogP contribution in [0.2, 0.25) is 0 Å². The highest BCUT2D eigenvalue weighted by Gasteiger charge is 1.96. The molecule has 0 aromatic carbocycles. The third-order valence-corrected chi connectivity index (χ3v) is 0.894. The van der Waals surface area contributed by atoms with E-state index in [0.29, 0.717) is 0 Å². The summed E-state index contributed by atoms with van der Waals surface area (Å²) in [7, 11) is 3.65. The number of allylic oxidation sites excluding steroid dienone is 1. The minimum atomic E-state index is -0.431. The zero-order valence-electron chi connectivity index (χ0n) is 5.63. The number of hydrogen-bond donors (Lipinski definition) is 1. The lowest BCUT2D eigenvalue weighted by Crippen LogP contribution is -2.24. The number of rotatable bonds is 2. The normalized spacial score (nSPS) is 15.6. The lowest BCUT2D eigenvalue weighted by Gasteiger charge is -2.12. The van der Waals surface area contributed by atoms with Crippen molar-refractivity contribution >= 4 is 0 Å². The Morgan fingerprint density at radius 3 is 2.12 bits per heavy atom. The molecule has 0 aliphatic rings. The van der Waals surface area contributed by atoms with Crippen molar-refractivity contribution in [2.24, 2.45) is 0 Å². The van der Waals surface area contributed by atoms with E-state index < -0.39 is 6.23 Å². The second kappa shape index (κ2) is 3.64. The van der Waals surface area contributed by atoms with E-state index in [4.69, 9.17) is 5.11 Å². The maximum atomic E-state index is 8.97. The van der Waals surface area contributed by atoms with E-state index in [9.17, 15) is 0 Å². The first-order chi connectivity index (χ1) is 3.68. The summed E-state index contributed by atoms with van der Waals surface area (Å²) in [6, 6.07) is 0. The first-order valence-electron chi connectivity index (χ1n) is 2.65. The molecule has 0 aromatic rings. The average molecular weight is 115 g/mol. The molecule has 0 rings (SSSR count). The molecule has 0 aliphatic heterocycles. The predicted molar refractivity (Wildman–Crippen MR) is 34.5 cm³/mol. The summed E-state index contributed by atoms with van der Waals surface area (Å²) in [5, 5.41) is 8.97. The molecule has 0 saturated carbocycles. The van der Waals surface area contributed by atoms with Crippen LogP contribution < -0.4 is 0 Å². The Balaban J connectivity index is 3.47. The van der Waals surface area contributed by atoms with E-state index in [0.717, 1.165) is 0 Å². The van der Waals surface area contributed by atoms with Gasteiger partial charge in [0.1, 0.15) is 6.23 Å². The van der Waals surface area contributed by atoms with Gasteiger partial charge in [0.15, 0.2) is 0 Å². The molecule has 1 atom stereocenters. The fourth-order valence-electron chi connectivity index (χ4n) is 0.344. The fraction of sp³-hybridized carbons (Fsp3) is 0.667. The third kappa shape index (κ3) is 2.77. The molecule has 0 saturated heterocycles. The number of aliphatic hydroxyl groups is 1. The fourth-order valence-corrected chi connectivity index (χ4v) is 0.344. The zero-order valence-corrected chi connectivity index (χ0v) is 5.63. The Morgan fingerprint density at radius 1 is 1.50 bits per heavy atom. The van der Waals surface area contributed by atoms with E-state index in [1.165, 1.54) is 0 Å². The standard InChI is InChI=1S/C6H13NO/c1-4-5-6(8)7(2)3/h4-6,8H,1-3H3/b5-4+. The second-order valence-corrected chi connectivity index (χ2v) is 1.90. The monoisotopic (exact) mass is 115 g/mol. The van der Waals surface area contributed by atoms with Crippen LogP contribution in [0.3, 0.4) is 0 Å². The highest BCUT2D eigenvalue weighted by molar-refractivity contribution is 4.83. The minimum Gasteiger partial charge on any atom is -0.375 e. The molecular formula is C6H13NO. The van der Waals surface area contributed by atoms with Crippen LogP contribution >= 0.6 is 0 Å². The van der Waals surface area contributed by atoms with Crippen molar-refractivity contribution in [1.82, 2.24) is 4.90 Å². The number of hydrogen-bond acceptors (Lipinski definition) is 2. The molecule has 0 fully saturated rings. The highest BCUT2D eigenvalue weighted by Crippen LogP contribution is 1.87. The summed E-state index contributed by atoms with van der Waals surface area (Å²) < 4.78 is 0. The van der Waals surface area contributed by atoms with Crippen LogP contribution in [0.4, 0.5) is 0 Å². The van der Waals surface area contributed by atoms with Crippen LogP contribution in [0.5, 0.6) is 0 Å². The molecule has 48 valence electrons. The lowest BCUT2D eigenvalue weighted by molar-refractivity contribution is 0.0835. The van der Waals surface area contributed by atoms with Gasteiger partial charge in [-0.1, -0.05) is 6.08 Å². The summed E-state index contributed by atoms with van der Waals surface area (Å²) in [5.41, 5.74) is 0.